The molecule has 0 aliphatic heterocycles. The first-order chi connectivity index (χ1) is 12.8. The highest BCUT2D eigenvalue weighted by molar-refractivity contribution is 5.96. The number of likely N-dealkylation sites (N-methyl/N-ethyl adjacent to an activating group) is 1. The van der Waals surface area contributed by atoms with E-state index in [-0.39, 0.29) is 12.5 Å². The van der Waals surface area contributed by atoms with Crippen molar-refractivity contribution in [2.24, 2.45) is 0 Å². The number of alkyl carbamates (subject to hydrolysis) is 1. The molecule has 150 valence electrons. The number of anilines is 1. The van der Waals surface area contributed by atoms with E-state index in [0.717, 1.165) is 7.11 Å². The summed E-state index contributed by atoms with van der Waals surface area (Å²) in [5.41, 5.74) is 0.548. The predicted octanol–water partition coefficient (Wildman–Crippen LogP) is 1.63. The molecule has 27 heavy (non-hydrogen) atoms. The van der Waals surface area contributed by atoms with E-state index in [0.29, 0.717) is 30.4 Å². The van der Waals surface area contributed by atoms with Crippen molar-refractivity contribution in [2.75, 3.05) is 39.2 Å². The quantitative estimate of drug-likeness (QED) is 0.669. The summed E-state index contributed by atoms with van der Waals surface area (Å²) < 4.78 is 15.4. The number of amides is 3. The van der Waals surface area contributed by atoms with Crippen LogP contribution < -0.4 is 20.1 Å². The van der Waals surface area contributed by atoms with Crippen LogP contribution in [-0.4, -0.2) is 62.8 Å². The van der Waals surface area contributed by atoms with Crippen molar-refractivity contribution in [3.8, 4) is 11.5 Å². The molecule has 1 atom stereocenters. The predicted molar refractivity (Wildman–Crippen MR) is 100 cm³/mol. The number of carbonyl (C=O) groups is 3. The fourth-order valence-electron chi connectivity index (χ4n) is 2.15. The van der Waals surface area contributed by atoms with Crippen LogP contribution in [0.3, 0.4) is 0 Å². The van der Waals surface area contributed by atoms with E-state index >= 15 is 0 Å². The lowest BCUT2D eigenvalue weighted by molar-refractivity contribution is -0.125. The second-order valence-electron chi connectivity index (χ2n) is 5.65. The second kappa shape index (κ2) is 11.0. The Labute approximate surface area is 158 Å². The van der Waals surface area contributed by atoms with E-state index in [4.69, 9.17) is 9.47 Å². The van der Waals surface area contributed by atoms with Crippen LogP contribution in [0.2, 0.25) is 0 Å². The van der Waals surface area contributed by atoms with Crippen LogP contribution in [-0.2, 0) is 14.3 Å². The van der Waals surface area contributed by atoms with Crippen LogP contribution in [0, 0.1) is 0 Å². The molecule has 1 aromatic carbocycles. The minimum atomic E-state index is -0.845. The number of rotatable bonds is 9. The summed E-state index contributed by atoms with van der Waals surface area (Å²) in [4.78, 5) is 36.8. The lowest BCUT2D eigenvalue weighted by atomic mass is 10.2. The smallest absolute Gasteiger partial charge is 0.413 e. The lowest BCUT2D eigenvalue weighted by Gasteiger charge is -2.22. The summed E-state index contributed by atoms with van der Waals surface area (Å²) >= 11 is 0. The molecule has 0 saturated carbocycles. The third kappa shape index (κ3) is 7.14. The molecule has 0 aromatic heterocycles. The zero-order chi connectivity index (χ0) is 20.4. The Kier molecular flexibility index (Phi) is 9.07. The summed E-state index contributed by atoms with van der Waals surface area (Å²) in [5, 5.41) is 4.82. The number of imide groups is 1. The number of hydrogen-bond donors (Lipinski definition) is 2. The average Bonchev–Trinajstić information content (AvgIpc) is 2.63. The number of ether oxygens (including phenoxy) is 3. The molecule has 0 aliphatic carbocycles. The highest BCUT2D eigenvalue weighted by Gasteiger charge is 2.22. The molecule has 0 unspecified atom stereocenters. The van der Waals surface area contributed by atoms with Crippen molar-refractivity contribution in [3.05, 3.63) is 18.2 Å². The van der Waals surface area contributed by atoms with Gasteiger partial charge in [0, 0.05) is 11.8 Å². The van der Waals surface area contributed by atoms with Crippen LogP contribution >= 0.6 is 0 Å². The normalized spacial score (nSPS) is 11.5. The molecule has 1 aromatic rings. The third-order valence-corrected chi connectivity index (χ3v) is 3.67. The molecule has 9 nitrogen and oxygen atoms in total. The number of benzene rings is 1. The van der Waals surface area contributed by atoms with Crippen LogP contribution in [0.25, 0.3) is 0 Å². The molecule has 9 heteroatoms. The molecule has 0 aliphatic rings. The van der Waals surface area contributed by atoms with Crippen molar-refractivity contribution in [1.29, 1.82) is 0 Å². The molecular weight excluding hydrogens is 354 g/mol. The number of nitrogens with zero attached hydrogens (tertiary/aromatic N) is 1. The Morgan fingerprint density at radius 3 is 2.33 bits per heavy atom. The highest BCUT2D eigenvalue weighted by atomic mass is 16.5. The summed E-state index contributed by atoms with van der Waals surface area (Å²) in [6.07, 6.45) is -0.845. The molecule has 0 radical (unpaired) electrons. The monoisotopic (exact) mass is 381 g/mol. The molecule has 2 N–H and O–H groups in total. The van der Waals surface area contributed by atoms with Gasteiger partial charge in [-0.3, -0.25) is 19.8 Å². The van der Waals surface area contributed by atoms with Gasteiger partial charge in [0.25, 0.3) is 0 Å². The van der Waals surface area contributed by atoms with Gasteiger partial charge in [-0.15, -0.1) is 0 Å². The Morgan fingerprint density at radius 1 is 1.11 bits per heavy atom. The molecular formula is C18H27N3O6. The average molecular weight is 381 g/mol. The Balaban J connectivity index is 2.69. The first-order valence-electron chi connectivity index (χ1n) is 8.60. The van der Waals surface area contributed by atoms with E-state index in [1.54, 1.807) is 32.2 Å². The van der Waals surface area contributed by atoms with Crippen LogP contribution in [0.4, 0.5) is 10.5 Å². The van der Waals surface area contributed by atoms with Gasteiger partial charge in [0.1, 0.15) is 0 Å². The van der Waals surface area contributed by atoms with Crippen LogP contribution in [0.1, 0.15) is 20.8 Å². The zero-order valence-corrected chi connectivity index (χ0v) is 16.3. The second-order valence-corrected chi connectivity index (χ2v) is 5.65. The Hall–Kier alpha value is -2.81. The van der Waals surface area contributed by atoms with Gasteiger partial charge >= 0.3 is 6.09 Å². The summed E-state index contributed by atoms with van der Waals surface area (Å²) in [6.45, 7) is 6.23. The van der Waals surface area contributed by atoms with Gasteiger partial charge in [-0.05, 0) is 40.0 Å². The molecule has 0 heterocycles. The van der Waals surface area contributed by atoms with Gasteiger partial charge in [0.05, 0.1) is 32.9 Å². The van der Waals surface area contributed by atoms with Crippen molar-refractivity contribution < 1.29 is 28.6 Å². The maximum absolute atomic E-state index is 12.3. The summed E-state index contributed by atoms with van der Waals surface area (Å²) in [6, 6.07) is 4.41. The summed E-state index contributed by atoms with van der Waals surface area (Å²) in [5.74, 6) is 0.262. The molecule has 0 spiro atoms. The van der Waals surface area contributed by atoms with Gasteiger partial charge in [-0.2, -0.15) is 0 Å². The number of nitrogens with one attached hydrogen (secondary N) is 2. The van der Waals surface area contributed by atoms with Gasteiger partial charge < -0.3 is 19.5 Å². The maximum Gasteiger partial charge on any atom is 0.413 e. The highest BCUT2D eigenvalue weighted by Crippen LogP contribution is 2.30. The van der Waals surface area contributed by atoms with Crippen LogP contribution in [0.5, 0.6) is 11.5 Å². The van der Waals surface area contributed by atoms with Crippen molar-refractivity contribution in [2.45, 2.75) is 26.8 Å². The first-order valence-corrected chi connectivity index (χ1v) is 8.60. The van der Waals surface area contributed by atoms with E-state index in [1.807, 2.05) is 13.8 Å². The zero-order valence-electron chi connectivity index (χ0n) is 16.3. The van der Waals surface area contributed by atoms with Crippen molar-refractivity contribution in [3.63, 3.8) is 0 Å². The van der Waals surface area contributed by atoms with Crippen molar-refractivity contribution >= 4 is 23.6 Å². The SMILES string of the molecule is CCOc1ccc(NC(=O)CN(C)[C@@H](C)C(=O)NC(=O)OC)cc1OCC. The summed E-state index contributed by atoms with van der Waals surface area (Å²) in [7, 11) is 2.77. The molecule has 0 fully saturated rings. The fraction of sp³-hybridized carbons (Fsp3) is 0.500. The largest absolute Gasteiger partial charge is 0.490 e. The van der Waals surface area contributed by atoms with Gasteiger partial charge in [-0.25, -0.2) is 4.79 Å². The molecule has 1 rings (SSSR count). The van der Waals surface area contributed by atoms with Gasteiger partial charge in [0.2, 0.25) is 11.8 Å². The topological polar surface area (TPSA) is 106 Å². The van der Waals surface area contributed by atoms with Crippen LogP contribution in [0.15, 0.2) is 18.2 Å². The minimum absolute atomic E-state index is 0.0487. The molecule has 0 bridgehead atoms. The standard InChI is InChI=1S/C18H27N3O6/c1-6-26-14-9-8-13(10-15(14)27-7-2)19-16(22)11-21(4)12(3)17(23)20-18(24)25-5/h8-10,12H,6-7,11H2,1-5H3,(H,19,22)(H,20,23,24)/t12-/m0/s1. The number of carbonyl (C=O) groups excluding carboxylic acids is 3. The van der Waals surface area contributed by atoms with E-state index in [2.05, 4.69) is 15.4 Å². The molecule has 0 saturated heterocycles. The van der Waals surface area contributed by atoms with E-state index in [1.165, 1.54) is 4.90 Å². The van der Waals surface area contributed by atoms with E-state index in [9.17, 15) is 14.4 Å². The van der Waals surface area contributed by atoms with Crippen molar-refractivity contribution in [1.82, 2.24) is 10.2 Å². The Morgan fingerprint density at radius 2 is 1.74 bits per heavy atom. The Bertz CT molecular complexity index is 664. The minimum Gasteiger partial charge on any atom is -0.490 e. The first kappa shape index (κ1) is 22.2. The van der Waals surface area contributed by atoms with E-state index < -0.39 is 18.0 Å². The maximum atomic E-state index is 12.3. The third-order valence-electron chi connectivity index (χ3n) is 3.67. The molecule has 3 amide bonds. The van der Waals surface area contributed by atoms with Gasteiger partial charge in [0.15, 0.2) is 11.5 Å². The lowest BCUT2D eigenvalue weighted by Crippen LogP contribution is -2.47. The number of hydrogen-bond acceptors (Lipinski definition) is 7. The fourth-order valence-corrected chi connectivity index (χ4v) is 2.15. The van der Waals surface area contributed by atoms with Gasteiger partial charge in [-0.1, -0.05) is 0 Å². The number of methoxy groups -OCH3 is 1.